The van der Waals surface area contributed by atoms with E-state index in [1.54, 1.807) is 6.07 Å². The van der Waals surface area contributed by atoms with Crippen molar-refractivity contribution < 1.29 is 9.21 Å². The lowest BCUT2D eigenvalue weighted by Gasteiger charge is -2.03. The van der Waals surface area contributed by atoms with Crippen molar-refractivity contribution in [1.82, 2.24) is 10.3 Å². The summed E-state index contributed by atoms with van der Waals surface area (Å²) in [4.78, 5) is 15.6. The summed E-state index contributed by atoms with van der Waals surface area (Å²) < 4.78 is 5.40. The first-order valence-corrected chi connectivity index (χ1v) is 5.88. The van der Waals surface area contributed by atoms with Crippen molar-refractivity contribution in [1.29, 1.82) is 5.26 Å². The third kappa shape index (κ3) is 3.42. The van der Waals surface area contributed by atoms with Gasteiger partial charge in [0.1, 0.15) is 23.3 Å². The summed E-state index contributed by atoms with van der Waals surface area (Å²) in [5.74, 6) is 1.47. The molecule has 0 aliphatic heterocycles. The van der Waals surface area contributed by atoms with Gasteiger partial charge in [-0.3, -0.25) is 4.79 Å². The molecule has 2 aromatic heterocycles. The van der Waals surface area contributed by atoms with Crippen LogP contribution in [0.2, 0.25) is 0 Å². The fraction of sp³-hybridized carbons (Fsp3) is 0.214. The number of hydrogen-bond donors (Lipinski definition) is 1. The standard InChI is InChI=1S/C14H13N3O2/c1-10-2-3-13(19-10)5-7-17-14(18)11-4-6-16-12(8-11)9-15/h2-4,6,8H,5,7H2,1H3,(H,17,18). The maximum Gasteiger partial charge on any atom is 0.251 e. The fourth-order valence-corrected chi connectivity index (χ4v) is 1.65. The van der Waals surface area contributed by atoms with Crippen molar-refractivity contribution in [3.05, 3.63) is 53.2 Å². The summed E-state index contributed by atoms with van der Waals surface area (Å²) in [6.45, 7) is 2.36. The molecule has 5 heteroatoms. The summed E-state index contributed by atoms with van der Waals surface area (Å²) in [5, 5.41) is 11.5. The minimum Gasteiger partial charge on any atom is -0.466 e. The predicted octanol–water partition coefficient (Wildman–Crippen LogP) is 1.83. The Kier molecular flexibility index (Phi) is 3.94. The van der Waals surface area contributed by atoms with Crippen LogP contribution in [-0.4, -0.2) is 17.4 Å². The highest BCUT2D eigenvalue weighted by Crippen LogP contribution is 2.06. The molecule has 19 heavy (non-hydrogen) atoms. The highest BCUT2D eigenvalue weighted by atomic mass is 16.3. The van der Waals surface area contributed by atoms with Crippen molar-refractivity contribution in [2.24, 2.45) is 0 Å². The lowest BCUT2D eigenvalue weighted by Crippen LogP contribution is -2.25. The van der Waals surface area contributed by atoms with Crippen molar-refractivity contribution in [3.63, 3.8) is 0 Å². The van der Waals surface area contributed by atoms with Gasteiger partial charge in [-0.15, -0.1) is 0 Å². The molecule has 0 atom stereocenters. The van der Waals surface area contributed by atoms with E-state index in [0.717, 1.165) is 11.5 Å². The zero-order chi connectivity index (χ0) is 13.7. The number of aromatic nitrogens is 1. The summed E-state index contributed by atoms with van der Waals surface area (Å²) in [6.07, 6.45) is 2.08. The van der Waals surface area contributed by atoms with Crippen LogP contribution in [0.5, 0.6) is 0 Å². The molecule has 5 nitrogen and oxygen atoms in total. The van der Waals surface area contributed by atoms with Crippen LogP contribution in [0.4, 0.5) is 0 Å². The number of furan rings is 1. The van der Waals surface area contributed by atoms with Gasteiger partial charge in [0.05, 0.1) is 0 Å². The molecular weight excluding hydrogens is 242 g/mol. The van der Waals surface area contributed by atoms with Crippen LogP contribution in [-0.2, 0) is 6.42 Å². The molecular formula is C14H13N3O2. The molecule has 0 saturated carbocycles. The average molecular weight is 255 g/mol. The normalized spacial score (nSPS) is 9.89. The lowest BCUT2D eigenvalue weighted by atomic mass is 10.2. The second kappa shape index (κ2) is 5.83. The topological polar surface area (TPSA) is 78.9 Å². The van der Waals surface area contributed by atoms with Gasteiger partial charge in [0.2, 0.25) is 0 Å². The number of nitrogens with zero attached hydrogens (tertiary/aromatic N) is 2. The number of hydrogen-bond acceptors (Lipinski definition) is 4. The summed E-state index contributed by atoms with van der Waals surface area (Å²) >= 11 is 0. The third-order valence-corrected chi connectivity index (χ3v) is 2.59. The fourth-order valence-electron chi connectivity index (χ4n) is 1.65. The van der Waals surface area contributed by atoms with Crippen molar-refractivity contribution in [2.75, 3.05) is 6.54 Å². The first-order chi connectivity index (χ1) is 9.19. The molecule has 2 heterocycles. The van der Waals surface area contributed by atoms with E-state index in [1.165, 1.54) is 12.3 Å². The third-order valence-electron chi connectivity index (χ3n) is 2.59. The molecule has 1 amide bonds. The molecule has 0 radical (unpaired) electrons. The first-order valence-electron chi connectivity index (χ1n) is 5.88. The molecule has 1 N–H and O–H groups in total. The van der Waals surface area contributed by atoms with Gasteiger partial charge in [-0.1, -0.05) is 0 Å². The van der Waals surface area contributed by atoms with Crippen LogP contribution in [0.15, 0.2) is 34.9 Å². The first kappa shape index (κ1) is 12.8. The van der Waals surface area contributed by atoms with Gasteiger partial charge >= 0.3 is 0 Å². The minimum absolute atomic E-state index is 0.220. The SMILES string of the molecule is Cc1ccc(CCNC(=O)c2ccnc(C#N)c2)o1. The van der Waals surface area contributed by atoms with Crippen molar-refractivity contribution in [2.45, 2.75) is 13.3 Å². The predicted molar refractivity (Wildman–Crippen MR) is 68.4 cm³/mol. The largest absolute Gasteiger partial charge is 0.466 e. The monoisotopic (exact) mass is 255 g/mol. The second-order valence-electron chi connectivity index (χ2n) is 4.06. The van der Waals surface area contributed by atoms with Crippen LogP contribution < -0.4 is 5.32 Å². The van der Waals surface area contributed by atoms with Gasteiger partial charge in [-0.05, 0) is 31.2 Å². The molecule has 0 aliphatic rings. The van der Waals surface area contributed by atoms with E-state index < -0.39 is 0 Å². The van der Waals surface area contributed by atoms with Crippen LogP contribution in [0, 0.1) is 18.3 Å². The average Bonchev–Trinajstić information content (AvgIpc) is 2.84. The molecule has 0 saturated heterocycles. The second-order valence-corrected chi connectivity index (χ2v) is 4.06. The zero-order valence-electron chi connectivity index (χ0n) is 10.5. The number of pyridine rings is 1. The van der Waals surface area contributed by atoms with E-state index in [0.29, 0.717) is 18.5 Å². The van der Waals surface area contributed by atoms with E-state index >= 15 is 0 Å². The van der Waals surface area contributed by atoms with E-state index in [9.17, 15) is 4.79 Å². The maximum absolute atomic E-state index is 11.8. The summed E-state index contributed by atoms with van der Waals surface area (Å²) in [6, 6.07) is 8.72. The van der Waals surface area contributed by atoms with E-state index in [1.807, 2.05) is 25.1 Å². The smallest absolute Gasteiger partial charge is 0.251 e. The Hall–Kier alpha value is -2.61. The summed E-state index contributed by atoms with van der Waals surface area (Å²) in [7, 11) is 0. The summed E-state index contributed by atoms with van der Waals surface area (Å²) in [5.41, 5.74) is 0.663. The molecule has 0 bridgehead atoms. The van der Waals surface area contributed by atoms with Gasteiger partial charge < -0.3 is 9.73 Å². The molecule has 0 aromatic carbocycles. The van der Waals surface area contributed by atoms with E-state index in [-0.39, 0.29) is 11.6 Å². The van der Waals surface area contributed by atoms with Crippen LogP contribution in [0.25, 0.3) is 0 Å². The molecule has 2 aromatic rings. The molecule has 0 spiro atoms. The Morgan fingerprint density at radius 1 is 1.47 bits per heavy atom. The van der Waals surface area contributed by atoms with Gasteiger partial charge in [-0.2, -0.15) is 5.26 Å². The highest BCUT2D eigenvalue weighted by Gasteiger charge is 2.06. The lowest BCUT2D eigenvalue weighted by molar-refractivity contribution is 0.0953. The van der Waals surface area contributed by atoms with Crippen LogP contribution in [0.3, 0.4) is 0 Å². The number of amides is 1. The van der Waals surface area contributed by atoms with E-state index in [2.05, 4.69) is 10.3 Å². The van der Waals surface area contributed by atoms with Crippen LogP contribution >= 0.6 is 0 Å². The van der Waals surface area contributed by atoms with Crippen molar-refractivity contribution >= 4 is 5.91 Å². The van der Waals surface area contributed by atoms with Crippen molar-refractivity contribution in [3.8, 4) is 6.07 Å². The minimum atomic E-state index is -0.220. The molecule has 0 unspecified atom stereocenters. The van der Waals surface area contributed by atoms with Gasteiger partial charge in [0, 0.05) is 24.7 Å². The molecule has 0 aliphatic carbocycles. The zero-order valence-corrected chi connectivity index (χ0v) is 10.5. The Bertz CT molecular complexity index is 626. The van der Waals surface area contributed by atoms with Gasteiger partial charge in [-0.25, -0.2) is 4.98 Å². The van der Waals surface area contributed by atoms with Gasteiger partial charge in [0.25, 0.3) is 5.91 Å². The maximum atomic E-state index is 11.8. The van der Waals surface area contributed by atoms with Gasteiger partial charge in [0.15, 0.2) is 0 Å². The number of nitrogens with one attached hydrogen (secondary N) is 1. The Labute approximate surface area is 110 Å². The number of rotatable bonds is 4. The van der Waals surface area contributed by atoms with E-state index in [4.69, 9.17) is 9.68 Å². The number of nitriles is 1. The number of aryl methyl sites for hydroxylation is 1. The highest BCUT2D eigenvalue weighted by molar-refractivity contribution is 5.94. The Morgan fingerprint density at radius 3 is 3.00 bits per heavy atom. The number of carbonyl (C=O) groups excluding carboxylic acids is 1. The quantitative estimate of drug-likeness (QED) is 0.903. The number of carbonyl (C=O) groups is 1. The molecule has 2 rings (SSSR count). The Morgan fingerprint density at radius 2 is 2.32 bits per heavy atom. The molecule has 96 valence electrons. The van der Waals surface area contributed by atoms with Crippen LogP contribution in [0.1, 0.15) is 27.6 Å². The molecule has 0 fully saturated rings. The Balaban J connectivity index is 1.89.